The molecule has 0 radical (unpaired) electrons. The first kappa shape index (κ1) is 17.5. The van der Waals surface area contributed by atoms with Crippen LogP contribution in [0.1, 0.15) is 0 Å². The molecule has 5 aromatic carbocycles. The third-order valence-corrected chi connectivity index (χ3v) is 6.35. The summed E-state index contributed by atoms with van der Waals surface area (Å²) in [6, 6.07) is 39.1. The van der Waals surface area contributed by atoms with E-state index in [0.717, 1.165) is 4.47 Å². The summed E-state index contributed by atoms with van der Waals surface area (Å²) in [4.78, 5) is 0. The molecule has 0 unspecified atom stereocenters. The van der Waals surface area contributed by atoms with Gasteiger partial charge in [-0.1, -0.05) is 94.8 Å². The van der Waals surface area contributed by atoms with Crippen molar-refractivity contribution >= 4 is 48.5 Å². The highest BCUT2D eigenvalue weighted by atomic mass is 79.9. The molecule has 0 fully saturated rings. The third-order valence-electron chi connectivity index (χ3n) is 5.86. The van der Waals surface area contributed by atoms with E-state index in [1.54, 1.807) is 0 Å². The second-order valence-electron chi connectivity index (χ2n) is 7.56. The van der Waals surface area contributed by atoms with Crippen molar-refractivity contribution < 1.29 is 0 Å². The van der Waals surface area contributed by atoms with Crippen LogP contribution in [0.5, 0.6) is 0 Å². The fraction of sp³-hybridized carbons (Fsp3) is 0. The summed E-state index contributed by atoms with van der Waals surface area (Å²) in [5.74, 6) is 0. The van der Waals surface area contributed by atoms with Crippen molar-refractivity contribution in [3.8, 4) is 16.8 Å². The largest absolute Gasteiger partial charge is 0.309 e. The van der Waals surface area contributed by atoms with Crippen LogP contribution in [0.25, 0.3) is 49.4 Å². The number of fused-ring (bicyclic) bond motifs is 4. The Morgan fingerprint density at radius 2 is 1.17 bits per heavy atom. The SMILES string of the molecule is Brc1ccc2c(c1)c1ccccc1n2-c1ccc(-c2ccccc2)c2ccccc12. The topological polar surface area (TPSA) is 4.93 Å². The second kappa shape index (κ2) is 6.86. The maximum atomic E-state index is 3.65. The minimum atomic E-state index is 1.10. The van der Waals surface area contributed by atoms with E-state index in [2.05, 4.69) is 130 Å². The van der Waals surface area contributed by atoms with Gasteiger partial charge in [-0.25, -0.2) is 0 Å². The van der Waals surface area contributed by atoms with Crippen molar-refractivity contribution in [2.45, 2.75) is 0 Å². The van der Waals surface area contributed by atoms with Crippen LogP contribution in [0.4, 0.5) is 0 Å². The predicted octanol–water partition coefficient (Wildman–Crippen LogP) is 8.37. The Bertz CT molecular complexity index is 1540. The molecular weight excluding hydrogens is 430 g/mol. The van der Waals surface area contributed by atoms with Gasteiger partial charge in [-0.3, -0.25) is 0 Å². The van der Waals surface area contributed by atoms with E-state index >= 15 is 0 Å². The molecule has 142 valence electrons. The van der Waals surface area contributed by atoms with E-state index in [1.165, 1.54) is 49.4 Å². The van der Waals surface area contributed by atoms with Crippen molar-refractivity contribution in [1.29, 1.82) is 0 Å². The van der Waals surface area contributed by atoms with Crippen LogP contribution in [0.2, 0.25) is 0 Å². The van der Waals surface area contributed by atoms with Crippen LogP contribution in [0.3, 0.4) is 0 Å². The maximum absolute atomic E-state index is 3.65. The van der Waals surface area contributed by atoms with Gasteiger partial charge >= 0.3 is 0 Å². The normalized spacial score (nSPS) is 11.5. The molecule has 0 saturated heterocycles. The summed E-state index contributed by atoms with van der Waals surface area (Å²) >= 11 is 3.65. The molecule has 2 heteroatoms. The van der Waals surface area contributed by atoms with Crippen LogP contribution < -0.4 is 0 Å². The zero-order valence-electron chi connectivity index (χ0n) is 16.2. The van der Waals surface area contributed by atoms with Gasteiger partial charge < -0.3 is 4.57 Å². The van der Waals surface area contributed by atoms with Gasteiger partial charge in [-0.2, -0.15) is 0 Å². The smallest absolute Gasteiger partial charge is 0.0542 e. The highest BCUT2D eigenvalue weighted by Crippen LogP contribution is 2.38. The minimum Gasteiger partial charge on any atom is -0.309 e. The monoisotopic (exact) mass is 447 g/mol. The molecule has 0 atom stereocenters. The lowest BCUT2D eigenvalue weighted by Crippen LogP contribution is -1.96. The fourth-order valence-electron chi connectivity index (χ4n) is 4.55. The molecular formula is C28H18BrN. The zero-order chi connectivity index (χ0) is 20.1. The van der Waals surface area contributed by atoms with Crippen LogP contribution in [-0.4, -0.2) is 4.57 Å². The quantitative estimate of drug-likeness (QED) is 0.251. The highest BCUT2D eigenvalue weighted by Gasteiger charge is 2.15. The molecule has 0 aliphatic carbocycles. The van der Waals surface area contributed by atoms with E-state index < -0.39 is 0 Å². The number of para-hydroxylation sites is 1. The number of benzene rings is 5. The number of rotatable bonds is 2. The molecule has 0 aliphatic heterocycles. The summed E-state index contributed by atoms with van der Waals surface area (Å²) < 4.78 is 3.50. The van der Waals surface area contributed by atoms with Crippen LogP contribution >= 0.6 is 15.9 Å². The maximum Gasteiger partial charge on any atom is 0.0542 e. The molecule has 1 nitrogen and oxygen atoms in total. The molecule has 0 aliphatic rings. The van der Waals surface area contributed by atoms with Crippen molar-refractivity contribution in [2.24, 2.45) is 0 Å². The summed E-state index contributed by atoms with van der Waals surface area (Å²) in [6.45, 7) is 0. The average Bonchev–Trinajstić information content (AvgIpc) is 3.12. The number of hydrogen-bond donors (Lipinski definition) is 0. The predicted molar refractivity (Wildman–Crippen MR) is 131 cm³/mol. The van der Waals surface area contributed by atoms with Gasteiger partial charge in [0.1, 0.15) is 0 Å². The zero-order valence-corrected chi connectivity index (χ0v) is 17.8. The van der Waals surface area contributed by atoms with Crippen molar-refractivity contribution in [2.75, 3.05) is 0 Å². The van der Waals surface area contributed by atoms with Gasteiger partial charge in [-0.05, 0) is 46.8 Å². The Balaban J connectivity index is 1.74. The summed E-state index contributed by atoms with van der Waals surface area (Å²) in [5.41, 5.74) is 6.16. The first-order valence-electron chi connectivity index (χ1n) is 10.1. The fourth-order valence-corrected chi connectivity index (χ4v) is 4.91. The molecule has 0 spiro atoms. The van der Waals surface area contributed by atoms with Crippen molar-refractivity contribution in [3.05, 3.63) is 114 Å². The van der Waals surface area contributed by atoms with E-state index in [-0.39, 0.29) is 0 Å². The van der Waals surface area contributed by atoms with E-state index in [9.17, 15) is 0 Å². The molecule has 1 heterocycles. The first-order valence-corrected chi connectivity index (χ1v) is 10.9. The lowest BCUT2D eigenvalue weighted by atomic mass is 9.97. The Morgan fingerprint density at radius 3 is 2.00 bits per heavy atom. The van der Waals surface area contributed by atoms with Gasteiger partial charge in [0.05, 0.1) is 16.7 Å². The van der Waals surface area contributed by atoms with E-state index in [0.29, 0.717) is 0 Å². The van der Waals surface area contributed by atoms with Gasteiger partial charge in [0.25, 0.3) is 0 Å². The summed E-state index contributed by atoms with van der Waals surface area (Å²) in [5, 5.41) is 5.05. The average molecular weight is 448 g/mol. The lowest BCUT2D eigenvalue weighted by molar-refractivity contribution is 1.20. The molecule has 0 bridgehead atoms. The molecule has 30 heavy (non-hydrogen) atoms. The lowest BCUT2D eigenvalue weighted by Gasteiger charge is -2.15. The van der Waals surface area contributed by atoms with E-state index in [1.807, 2.05) is 0 Å². The molecule has 6 rings (SSSR count). The number of aromatic nitrogens is 1. The molecule has 0 saturated carbocycles. The first-order chi connectivity index (χ1) is 14.8. The van der Waals surface area contributed by atoms with Crippen molar-refractivity contribution in [3.63, 3.8) is 0 Å². The summed E-state index contributed by atoms with van der Waals surface area (Å²) in [6.07, 6.45) is 0. The van der Waals surface area contributed by atoms with Gasteiger partial charge in [0.2, 0.25) is 0 Å². The van der Waals surface area contributed by atoms with E-state index in [4.69, 9.17) is 0 Å². The Hall–Kier alpha value is -3.36. The summed E-state index contributed by atoms with van der Waals surface area (Å²) in [7, 11) is 0. The molecule has 6 aromatic rings. The number of hydrogen-bond acceptors (Lipinski definition) is 0. The molecule has 1 aromatic heterocycles. The number of nitrogens with zero attached hydrogens (tertiary/aromatic N) is 1. The molecule has 0 amide bonds. The van der Waals surface area contributed by atoms with Crippen LogP contribution in [0.15, 0.2) is 114 Å². The molecule has 0 N–H and O–H groups in total. The van der Waals surface area contributed by atoms with Gasteiger partial charge in [-0.15, -0.1) is 0 Å². The Labute approximate surface area is 183 Å². The minimum absolute atomic E-state index is 1.10. The van der Waals surface area contributed by atoms with Crippen LogP contribution in [-0.2, 0) is 0 Å². The second-order valence-corrected chi connectivity index (χ2v) is 8.47. The highest BCUT2D eigenvalue weighted by molar-refractivity contribution is 9.10. The Kier molecular flexibility index (Phi) is 4.00. The van der Waals surface area contributed by atoms with Gasteiger partial charge in [0, 0.05) is 20.6 Å². The van der Waals surface area contributed by atoms with Gasteiger partial charge in [0.15, 0.2) is 0 Å². The number of halogens is 1. The standard InChI is InChI=1S/C28H18BrN/c29-20-14-16-28-25(18-20)24-12-6-7-13-26(24)30(28)27-17-15-21(19-8-2-1-3-9-19)22-10-4-5-11-23(22)27/h1-18H. The third kappa shape index (κ3) is 2.61. The van der Waals surface area contributed by atoms with Crippen LogP contribution in [0, 0.1) is 0 Å². The Morgan fingerprint density at radius 1 is 0.500 bits per heavy atom. The van der Waals surface area contributed by atoms with Crippen molar-refractivity contribution in [1.82, 2.24) is 4.57 Å².